The number of halogens is 1. The first-order valence-corrected chi connectivity index (χ1v) is 11.9. The minimum Gasteiger partial charge on any atom is -0.497 e. The van der Waals surface area contributed by atoms with Crippen molar-refractivity contribution in [2.24, 2.45) is 5.92 Å². The highest BCUT2D eigenvalue weighted by molar-refractivity contribution is 6.30. The van der Waals surface area contributed by atoms with Crippen LogP contribution in [-0.4, -0.2) is 24.8 Å². The fraction of sp³-hybridized carbons (Fsp3) is 0.276. The van der Waals surface area contributed by atoms with E-state index in [1.807, 2.05) is 55.5 Å². The van der Waals surface area contributed by atoms with Crippen LogP contribution in [0.2, 0.25) is 5.02 Å². The number of aliphatic carboxylic acids is 1. The van der Waals surface area contributed by atoms with Crippen LogP contribution in [0.25, 0.3) is 0 Å². The zero-order valence-electron chi connectivity index (χ0n) is 19.8. The number of rotatable bonds is 8. The molecule has 0 bridgehead atoms. The van der Waals surface area contributed by atoms with Gasteiger partial charge in [0.25, 0.3) is 0 Å². The van der Waals surface area contributed by atoms with Crippen LogP contribution < -0.4 is 9.47 Å². The van der Waals surface area contributed by atoms with Crippen LogP contribution in [0.5, 0.6) is 11.5 Å². The minimum atomic E-state index is -1.05. The van der Waals surface area contributed by atoms with E-state index in [1.54, 1.807) is 19.2 Å². The Morgan fingerprint density at radius 1 is 1.06 bits per heavy atom. The van der Waals surface area contributed by atoms with Gasteiger partial charge in [0.1, 0.15) is 11.5 Å². The lowest BCUT2D eigenvalue weighted by molar-refractivity contribution is -0.139. The third kappa shape index (κ3) is 5.69. The molecule has 6 heteroatoms. The molecule has 0 saturated carbocycles. The Morgan fingerprint density at radius 2 is 1.77 bits per heavy atom. The average molecular weight is 493 g/mol. The number of hydrogen-bond acceptors (Lipinski definition) is 4. The largest absolute Gasteiger partial charge is 0.497 e. The van der Waals surface area contributed by atoms with Gasteiger partial charge in [-0.1, -0.05) is 66.2 Å². The van der Waals surface area contributed by atoms with Gasteiger partial charge in [-0.3, -0.25) is 0 Å². The zero-order valence-corrected chi connectivity index (χ0v) is 20.6. The van der Waals surface area contributed by atoms with E-state index in [0.717, 1.165) is 23.1 Å². The molecule has 1 N–H and O–H groups in total. The molecule has 0 aliphatic carbocycles. The SMILES string of the molecule is C=C(C)[C@H]1C[C@H](c2ccccc2)[C@H](c2ccc(Cl)cc2)O[C@@H]1c1cc(OC)ccc1OCC(=O)O. The average Bonchev–Trinajstić information content (AvgIpc) is 2.87. The molecule has 35 heavy (non-hydrogen) atoms. The molecule has 4 atom stereocenters. The number of carboxylic acids is 1. The normalized spacial score (nSPS) is 21.8. The summed E-state index contributed by atoms with van der Waals surface area (Å²) in [4.78, 5) is 11.2. The van der Waals surface area contributed by atoms with Crippen molar-refractivity contribution in [2.75, 3.05) is 13.7 Å². The summed E-state index contributed by atoms with van der Waals surface area (Å²) in [5.41, 5.74) is 3.93. The first-order chi connectivity index (χ1) is 16.9. The van der Waals surface area contributed by atoms with Crippen LogP contribution in [0, 0.1) is 5.92 Å². The van der Waals surface area contributed by atoms with Gasteiger partial charge in [-0.2, -0.15) is 0 Å². The van der Waals surface area contributed by atoms with Gasteiger partial charge in [0.15, 0.2) is 6.61 Å². The summed E-state index contributed by atoms with van der Waals surface area (Å²) in [7, 11) is 1.59. The summed E-state index contributed by atoms with van der Waals surface area (Å²) < 4.78 is 18.0. The predicted octanol–water partition coefficient (Wildman–Crippen LogP) is 6.99. The van der Waals surface area contributed by atoms with Crippen LogP contribution in [0.4, 0.5) is 0 Å². The molecule has 0 aromatic heterocycles. The number of ether oxygens (including phenoxy) is 3. The van der Waals surface area contributed by atoms with E-state index in [4.69, 9.17) is 25.8 Å². The van der Waals surface area contributed by atoms with Crippen LogP contribution in [0.1, 0.15) is 48.2 Å². The second-order valence-electron chi connectivity index (χ2n) is 8.82. The highest BCUT2D eigenvalue weighted by atomic mass is 35.5. The van der Waals surface area contributed by atoms with Crippen LogP contribution in [-0.2, 0) is 9.53 Å². The van der Waals surface area contributed by atoms with Crippen LogP contribution in [0.15, 0.2) is 84.9 Å². The molecule has 0 radical (unpaired) electrons. The summed E-state index contributed by atoms with van der Waals surface area (Å²) in [5.74, 6) is 0.112. The van der Waals surface area contributed by atoms with Gasteiger partial charge in [-0.05, 0) is 54.8 Å². The van der Waals surface area contributed by atoms with E-state index < -0.39 is 18.7 Å². The van der Waals surface area contributed by atoms with Gasteiger partial charge in [-0.25, -0.2) is 4.79 Å². The molecule has 3 aromatic carbocycles. The van der Waals surface area contributed by atoms with E-state index in [9.17, 15) is 9.90 Å². The van der Waals surface area contributed by atoms with Gasteiger partial charge < -0.3 is 19.3 Å². The van der Waals surface area contributed by atoms with Gasteiger partial charge in [-0.15, -0.1) is 0 Å². The molecule has 1 aliphatic heterocycles. The van der Waals surface area contributed by atoms with E-state index >= 15 is 0 Å². The van der Waals surface area contributed by atoms with Crippen molar-refractivity contribution in [3.63, 3.8) is 0 Å². The number of benzene rings is 3. The van der Waals surface area contributed by atoms with Crippen molar-refractivity contribution in [1.82, 2.24) is 0 Å². The minimum absolute atomic E-state index is 0.0250. The second-order valence-corrected chi connectivity index (χ2v) is 9.26. The molecule has 182 valence electrons. The Bertz CT molecular complexity index is 1180. The molecule has 3 aromatic rings. The van der Waals surface area contributed by atoms with Crippen LogP contribution in [0.3, 0.4) is 0 Å². The maximum absolute atomic E-state index is 11.2. The molecule has 1 aliphatic rings. The number of carbonyl (C=O) groups is 1. The monoisotopic (exact) mass is 492 g/mol. The molecular formula is C29H29ClO5. The fourth-order valence-corrected chi connectivity index (χ4v) is 4.87. The molecule has 5 nitrogen and oxygen atoms in total. The van der Waals surface area contributed by atoms with Gasteiger partial charge in [0.05, 0.1) is 19.3 Å². The predicted molar refractivity (Wildman–Crippen MR) is 136 cm³/mol. The Balaban J connectivity index is 1.81. The summed E-state index contributed by atoms with van der Waals surface area (Å²) in [5, 5.41) is 9.85. The van der Waals surface area contributed by atoms with E-state index in [-0.39, 0.29) is 17.9 Å². The lowest BCUT2D eigenvalue weighted by Crippen LogP contribution is -2.32. The van der Waals surface area contributed by atoms with Crippen molar-refractivity contribution in [1.29, 1.82) is 0 Å². The molecule has 4 rings (SSSR count). The Hall–Kier alpha value is -3.28. The van der Waals surface area contributed by atoms with Gasteiger partial charge in [0.2, 0.25) is 0 Å². The number of carboxylic acid groups (broad SMARTS) is 1. The Labute approximate surface area is 210 Å². The molecule has 1 saturated heterocycles. The van der Waals surface area contributed by atoms with E-state index in [0.29, 0.717) is 16.5 Å². The van der Waals surface area contributed by atoms with E-state index in [2.05, 4.69) is 18.7 Å². The molecule has 1 fully saturated rings. The Kier molecular flexibility index (Phi) is 7.79. The molecule has 0 unspecified atom stereocenters. The fourth-order valence-electron chi connectivity index (χ4n) is 4.74. The number of methoxy groups -OCH3 is 1. The number of hydrogen-bond donors (Lipinski definition) is 1. The first kappa shape index (κ1) is 24.8. The Morgan fingerprint density at radius 3 is 2.40 bits per heavy atom. The maximum atomic E-state index is 11.2. The van der Waals surface area contributed by atoms with Crippen molar-refractivity contribution in [3.05, 3.63) is 107 Å². The molecule has 0 spiro atoms. The maximum Gasteiger partial charge on any atom is 0.341 e. The molecular weight excluding hydrogens is 464 g/mol. The smallest absolute Gasteiger partial charge is 0.341 e. The highest BCUT2D eigenvalue weighted by Crippen LogP contribution is 2.53. The summed E-state index contributed by atoms with van der Waals surface area (Å²) in [6.45, 7) is 5.83. The summed E-state index contributed by atoms with van der Waals surface area (Å²) >= 11 is 6.18. The van der Waals surface area contributed by atoms with Crippen molar-refractivity contribution >= 4 is 17.6 Å². The third-order valence-electron chi connectivity index (χ3n) is 6.47. The highest BCUT2D eigenvalue weighted by Gasteiger charge is 2.41. The van der Waals surface area contributed by atoms with Crippen molar-refractivity contribution < 1.29 is 24.1 Å². The third-order valence-corrected chi connectivity index (χ3v) is 6.72. The standard InChI is InChI=1S/C29H29ClO5/c1-18(2)23-16-24(19-7-5-4-6-8-19)28(20-9-11-21(30)12-10-20)35-29(23)25-15-22(33-3)13-14-26(25)34-17-27(31)32/h4-15,23-24,28-29H,1,16-17H2,2-3H3,(H,31,32)/t23-,24-,28+,29+/m1/s1. The van der Waals surface area contributed by atoms with Crippen LogP contribution >= 0.6 is 11.6 Å². The van der Waals surface area contributed by atoms with Gasteiger partial charge >= 0.3 is 5.97 Å². The summed E-state index contributed by atoms with van der Waals surface area (Å²) in [6, 6.07) is 23.4. The zero-order chi connectivity index (χ0) is 24.9. The molecule has 0 amide bonds. The summed E-state index contributed by atoms with van der Waals surface area (Å²) in [6.07, 6.45) is 0.133. The first-order valence-electron chi connectivity index (χ1n) is 11.5. The molecule has 1 heterocycles. The quantitative estimate of drug-likeness (QED) is 0.343. The van der Waals surface area contributed by atoms with Crippen molar-refractivity contribution in [2.45, 2.75) is 31.5 Å². The lowest BCUT2D eigenvalue weighted by Gasteiger charge is -2.43. The topological polar surface area (TPSA) is 65.0 Å². The second kappa shape index (κ2) is 11.0. The van der Waals surface area contributed by atoms with E-state index in [1.165, 1.54) is 5.56 Å². The van der Waals surface area contributed by atoms with Crippen molar-refractivity contribution in [3.8, 4) is 11.5 Å². The van der Waals surface area contributed by atoms with Gasteiger partial charge in [0, 0.05) is 22.4 Å². The lowest BCUT2D eigenvalue weighted by atomic mass is 9.74.